The summed E-state index contributed by atoms with van der Waals surface area (Å²) in [5.74, 6) is 0.127. The Morgan fingerprint density at radius 2 is 2.04 bits per heavy atom. The number of amides is 1. The second kappa shape index (κ2) is 6.17. The molecule has 0 saturated carbocycles. The third kappa shape index (κ3) is 2.89. The van der Waals surface area contributed by atoms with E-state index in [4.69, 9.17) is 9.15 Å². The molecule has 0 bridgehead atoms. The zero-order valence-corrected chi connectivity index (χ0v) is 12.9. The number of carbonyl (C=O) groups is 1. The van der Waals surface area contributed by atoms with Crippen molar-refractivity contribution in [3.63, 3.8) is 0 Å². The van der Waals surface area contributed by atoms with E-state index in [-0.39, 0.29) is 11.9 Å². The van der Waals surface area contributed by atoms with Gasteiger partial charge >= 0.3 is 0 Å². The maximum absolute atomic E-state index is 12.5. The molecule has 1 aromatic heterocycles. The van der Waals surface area contributed by atoms with Crippen LogP contribution < -0.4 is 10.2 Å². The normalized spacial score (nSPS) is 22.5. The van der Waals surface area contributed by atoms with Crippen LogP contribution in [-0.4, -0.2) is 67.8 Å². The van der Waals surface area contributed by atoms with Crippen LogP contribution in [0.4, 0.5) is 6.01 Å². The lowest BCUT2D eigenvalue weighted by molar-refractivity contribution is -0.136. The van der Waals surface area contributed by atoms with Crippen LogP contribution in [-0.2, 0) is 9.53 Å². The minimum absolute atomic E-state index is 0.127. The summed E-state index contributed by atoms with van der Waals surface area (Å²) in [5.41, 5.74) is 1.66. The molecule has 2 fully saturated rings. The minimum Gasteiger partial charge on any atom is -0.423 e. The van der Waals surface area contributed by atoms with E-state index in [0.29, 0.717) is 32.3 Å². The molecule has 0 spiro atoms. The monoisotopic (exact) mass is 316 g/mol. The molecule has 7 heteroatoms. The summed E-state index contributed by atoms with van der Waals surface area (Å²) in [6.07, 6.45) is 0. The highest BCUT2D eigenvalue weighted by atomic mass is 16.5. The Kier molecular flexibility index (Phi) is 3.88. The molecule has 1 N–H and O–H groups in total. The number of nitrogens with one attached hydrogen (secondary N) is 1. The van der Waals surface area contributed by atoms with Crippen molar-refractivity contribution in [1.82, 2.24) is 15.2 Å². The summed E-state index contributed by atoms with van der Waals surface area (Å²) < 4.78 is 11.2. The molecule has 1 amide bonds. The molecule has 0 aliphatic carbocycles. The zero-order chi connectivity index (χ0) is 15.6. The molecular weight excluding hydrogens is 296 g/mol. The molecule has 23 heavy (non-hydrogen) atoms. The number of anilines is 1. The van der Waals surface area contributed by atoms with Crippen LogP contribution >= 0.6 is 0 Å². The summed E-state index contributed by atoms with van der Waals surface area (Å²) in [6, 6.07) is 8.17. The van der Waals surface area contributed by atoms with Gasteiger partial charge in [-0.05, 0) is 12.1 Å². The van der Waals surface area contributed by atoms with Gasteiger partial charge in [0.2, 0.25) is 5.91 Å². The summed E-state index contributed by atoms with van der Waals surface area (Å²) in [5, 5.41) is 3.22. The molecule has 1 atom stereocenters. The Bertz CT molecular complexity index is 654. The van der Waals surface area contributed by atoms with Gasteiger partial charge < -0.3 is 24.3 Å². The molecule has 0 radical (unpaired) electrons. The third-order valence-corrected chi connectivity index (χ3v) is 4.36. The lowest BCUT2D eigenvalue weighted by atomic mass is 10.2. The number of oxazole rings is 1. The van der Waals surface area contributed by atoms with E-state index in [2.05, 4.69) is 15.2 Å². The van der Waals surface area contributed by atoms with Crippen molar-refractivity contribution < 1.29 is 13.9 Å². The average Bonchev–Trinajstić information content (AvgIpc) is 3.06. The van der Waals surface area contributed by atoms with Crippen LogP contribution in [0, 0.1) is 0 Å². The van der Waals surface area contributed by atoms with Gasteiger partial charge in [0, 0.05) is 32.7 Å². The van der Waals surface area contributed by atoms with E-state index < -0.39 is 0 Å². The molecule has 7 nitrogen and oxygen atoms in total. The van der Waals surface area contributed by atoms with Crippen molar-refractivity contribution in [3.05, 3.63) is 24.3 Å². The maximum atomic E-state index is 12.5. The van der Waals surface area contributed by atoms with Gasteiger partial charge in [-0.3, -0.25) is 4.79 Å². The van der Waals surface area contributed by atoms with Gasteiger partial charge in [0.15, 0.2) is 5.58 Å². The van der Waals surface area contributed by atoms with E-state index in [1.54, 1.807) is 0 Å². The number of carbonyl (C=O) groups excluding carboxylic acids is 1. The predicted octanol–water partition coefficient (Wildman–Crippen LogP) is 0.465. The van der Waals surface area contributed by atoms with Crippen molar-refractivity contribution in [3.8, 4) is 0 Å². The fraction of sp³-hybridized carbons (Fsp3) is 0.500. The maximum Gasteiger partial charge on any atom is 0.298 e. The van der Waals surface area contributed by atoms with Crippen molar-refractivity contribution in [1.29, 1.82) is 0 Å². The molecule has 122 valence electrons. The van der Waals surface area contributed by atoms with Gasteiger partial charge in [-0.2, -0.15) is 4.98 Å². The standard InChI is InChI=1S/C16H20N4O3/c21-15(13-11-22-10-5-17-13)19-6-8-20(9-7-19)16-18-12-3-1-2-4-14(12)23-16/h1-4,13,17H,5-11H2. The van der Waals surface area contributed by atoms with Crippen LogP contribution in [0.5, 0.6) is 0 Å². The molecule has 2 aromatic rings. The summed E-state index contributed by atoms with van der Waals surface area (Å²) in [6.45, 7) is 4.68. The molecule has 4 rings (SSSR count). The molecule has 3 heterocycles. The highest BCUT2D eigenvalue weighted by Crippen LogP contribution is 2.22. The van der Waals surface area contributed by atoms with Crippen LogP contribution in [0.15, 0.2) is 28.7 Å². The zero-order valence-electron chi connectivity index (χ0n) is 12.9. The number of rotatable bonds is 2. The molecule has 2 saturated heterocycles. The smallest absolute Gasteiger partial charge is 0.298 e. The van der Waals surface area contributed by atoms with Crippen LogP contribution in [0.25, 0.3) is 11.1 Å². The highest BCUT2D eigenvalue weighted by Gasteiger charge is 2.29. The number of ether oxygens (including phenoxy) is 1. The lowest BCUT2D eigenvalue weighted by Gasteiger charge is -2.36. The Labute approximate surface area is 134 Å². The van der Waals surface area contributed by atoms with Gasteiger partial charge in [0.05, 0.1) is 13.2 Å². The number of piperazine rings is 1. The Balaban J connectivity index is 1.39. The number of nitrogens with zero attached hydrogens (tertiary/aromatic N) is 3. The van der Waals surface area contributed by atoms with E-state index >= 15 is 0 Å². The van der Waals surface area contributed by atoms with Crippen LogP contribution in [0.1, 0.15) is 0 Å². The average molecular weight is 316 g/mol. The topological polar surface area (TPSA) is 70.8 Å². The fourth-order valence-corrected chi connectivity index (χ4v) is 3.06. The molecule has 2 aliphatic rings. The number of morpholine rings is 1. The molecule has 1 unspecified atom stereocenters. The first-order valence-electron chi connectivity index (χ1n) is 8.02. The Hall–Kier alpha value is -2.12. The second-order valence-corrected chi connectivity index (χ2v) is 5.86. The number of fused-ring (bicyclic) bond motifs is 1. The Morgan fingerprint density at radius 3 is 2.78 bits per heavy atom. The van der Waals surface area contributed by atoms with Gasteiger partial charge in [0.1, 0.15) is 11.6 Å². The quantitative estimate of drug-likeness (QED) is 0.868. The lowest BCUT2D eigenvalue weighted by Crippen LogP contribution is -2.57. The van der Waals surface area contributed by atoms with Crippen molar-refractivity contribution in [2.45, 2.75) is 6.04 Å². The SMILES string of the molecule is O=C(C1COCCN1)N1CCN(c2nc3ccccc3o2)CC1. The molecule has 1 aromatic carbocycles. The Morgan fingerprint density at radius 1 is 1.22 bits per heavy atom. The number of hydrogen-bond acceptors (Lipinski definition) is 6. The number of benzene rings is 1. The third-order valence-electron chi connectivity index (χ3n) is 4.36. The predicted molar refractivity (Wildman–Crippen MR) is 85.4 cm³/mol. The largest absolute Gasteiger partial charge is 0.423 e. The van der Waals surface area contributed by atoms with E-state index in [1.807, 2.05) is 29.2 Å². The summed E-state index contributed by atoms with van der Waals surface area (Å²) in [7, 11) is 0. The van der Waals surface area contributed by atoms with Crippen molar-refractivity contribution in [2.75, 3.05) is 50.8 Å². The highest BCUT2D eigenvalue weighted by molar-refractivity contribution is 5.82. The molecular formula is C16H20N4O3. The van der Waals surface area contributed by atoms with Crippen molar-refractivity contribution in [2.24, 2.45) is 0 Å². The fourth-order valence-electron chi connectivity index (χ4n) is 3.06. The van der Waals surface area contributed by atoms with Crippen LogP contribution in [0.2, 0.25) is 0 Å². The van der Waals surface area contributed by atoms with Gasteiger partial charge in [-0.1, -0.05) is 12.1 Å². The first kappa shape index (κ1) is 14.5. The number of aromatic nitrogens is 1. The number of hydrogen-bond donors (Lipinski definition) is 1. The first-order chi connectivity index (χ1) is 11.3. The van der Waals surface area contributed by atoms with E-state index in [1.165, 1.54) is 0 Å². The summed E-state index contributed by atoms with van der Waals surface area (Å²) >= 11 is 0. The summed E-state index contributed by atoms with van der Waals surface area (Å²) in [4.78, 5) is 21.0. The van der Waals surface area contributed by atoms with Crippen molar-refractivity contribution >= 4 is 23.0 Å². The first-order valence-corrected chi connectivity index (χ1v) is 8.02. The minimum atomic E-state index is -0.209. The molecule has 2 aliphatic heterocycles. The van der Waals surface area contributed by atoms with E-state index in [0.717, 1.165) is 30.7 Å². The van der Waals surface area contributed by atoms with Gasteiger partial charge in [-0.25, -0.2) is 0 Å². The van der Waals surface area contributed by atoms with Crippen LogP contribution in [0.3, 0.4) is 0 Å². The second-order valence-electron chi connectivity index (χ2n) is 5.86. The van der Waals surface area contributed by atoms with Gasteiger partial charge in [-0.15, -0.1) is 0 Å². The number of para-hydroxylation sites is 2. The van der Waals surface area contributed by atoms with E-state index in [9.17, 15) is 4.79 Å². The van der Waals surface area contributed by atoms with Gasteiger partial charge in [0.25, 0.3) is 6.01 Å².